The van der Waals surface area contributed by atoms with E-state index in [-0.39, 0.29) is 5.56 Å². The minimum absolute atomic E-state index is 0.286. The molecule has 0 fully saturated rings. The summed E-state index contributed by atoms with van der Waals surface area (Å²) in [6, 6.07) is 2.24. The molecule has 0 radical (unpaired) electrons. The SMILES string of the molecule is CC.O=c1ccc(F)c[nH]1. The van der Waals surface area contributed by atoms with E-state index in [4.69, 9.17) is 0 Å². The van der Waals surface area contributed by atoms with Crippen molar-refractivity contribution in [2.24, 2.45) is 0 Å². The van der Waals surface area contributed by atoms with Gasteiger partial charge in [-0.25, -0.2) is 4.39 Å². The molecule has 0 aliphatic heterocycles. The first-order valence-electron chi connectivity index (χ1n) is 3.13. The fourth-order valence-electron chi connectivity index (χ4n) is 0.392. The summed E-state index contributed by atoms with van der Waals surface area (Å²) >= 11 is 0. The van der Waals surface area contributed by atoms with Gasteiger partial charge in [-0.05, 0) is 6.07 Å². The second kappa shape index (κ2) is 4.73. The third kappa shape index (κ3) is 3.02. The van der Waals surface area contributed by atoms with Gasteiger partial charge in [0, 0.05) is 12.3 Å². The Kier molecular flexibility index (Phi) is 4.20. The minimum atomic E-state index is -0.426. The van der Waals surface area contributed by atoms with Gasteiger partial charge in [0.25, 0.3) is 0 Å². The Labute approximate surface area is 58.7 Å². The van der Waals surface area contributed by atoms with Gasteiger partial charge in [-0.3, -0.25) is 4.79 Å². The number of rotatable bonds is 0. The maximum atomic E-state index is 11.9. The number of H-pyrrole nitrogens is 1. The second-order valence-electron chi connectivity index (χ2n) is 1.37. The molecule has 56 valence electrons. The number of aromatic nitrogens is 1. The maximum absolute atomic E-state index is 11.9. The summed E-state index contributed by atoms with van der Waals surface area (Å²) in [4.78, 5) is 12.4. The van der Waals surface area contributed by atoms with Gasteiger partial charge in [0.2, 0.25) is 5.56 Å². The lowest BCUT2D eigenvalue weighted by Crippen LogP contribution is -2.01. The molecule has 0 saturated carbocycles. The lowest BCUT2D eigenvalue weighted by Gasteiger charge is -1.80. The summed E-state index contributed by atoms with van der Waals surface area (Å²) in [6.45, 7) is 4.00. The molecule has 0 amide bonds. The topological polar surface area (TPSA) is 32.9 Å². The van der Waals surface area contributed by atoms with Crippen molar-refractivity contribution in [3.05, 3.63) is 34.5 Å². The predicted molar refractivity (Wildman–Crippen MR) is 38.4 cm³/mol. The summed E-state index contributed by atoms with van der Waals surface area (Å²) in [7, 11) is 0. The largest absolute Gasteiger partial charge is 0.326 e. The molecular formula is C7H10FNO. The monoisotopic (exact) mass is 143 g/mol. The van der Waals surface area contributed by atoms with E-state index in [2.05, 4.69) is 4.98 Å². The average molecular weight is 143 g/mol. The first-order valence-corrected chi connectivity index (χ1v) is 3.13. The van der Waals surface area contributed by atoms with Crippen LogP contribution in [0.1, 0.15) is 13.8 Å². The predicted octanol–water partition coefficient (Wildman–Crippen LogP) is 1.54. The number of halogens is 1. The molecule has 0 spiro atoms. The summed E-state index contributed by atoms with van der Waals surface area (Å²) in [5.74, 6) is -0.426. The maximum Gasteiger partial charge on any atom is 0.248 e. The molecule has 10 heavy (non-hydrogen) atoms. The van der Waals surface area contributed by atoms with Crippen molar-refractivity contribution < 1.29 is 4.39 Å². The van der Waals surface area contributed by atoms with Crippen LogP contribution in [0.2, 0.25) is 0 Å². The van der Waals surface area contributed by atoms with E-state index in [0.717, 1.165) is 18.3 Å². The number of hydrogen-bond acceptors (Lipinski definition) is 1. The van der Waals surface area contributed by atoms with Crippen molar-refractivity contribution in [2.45, 2.75) is 13.8 Å². The van der Waals surface area contributed by atoms with Gasteiger partial charge in [0.05, 0.1) is 0 Å². The number of nitrogens with one attached hydrogen (secondary N) is 1. The molecule has 1 aromatic rings. The van der Waals surface area contributed by atoms with Crippen molar-refractivity contribution in [3.63, 3.8) is 0 Å². The zero-order valence-electron chi connectivity index (χ0n) is 6.02. The van der Waals surface area contributed by atoms with Crippen LogP contribution in [0.3, 0.4) is 0 Å². The van der Waals surface area contributed by atoms with E-state index in [1.54, 1.807) is 0 Å². The van der Waals surface area contributed by atoms with Crippen molar-refractivity contribution in [1.29, 1.82) is 0 Å². The van der Waals surface area contributed by atoms with Crippen LogP contribution in [0.4, 0.5) is 4.39 Å². The van der Waals surface area contributed by atoms with Crippen molar-refractivity contribution in [2.75, 3.05) is 0 Å². The molecule has 0 saturated heterocycles. The minimum Gasteiger partial charge on any atom is -0.326 e. The Morgan fingerprint density at radius 1 is 1.40 bits per heavy atom. The number of hydrogen-bond donors (Lipinski definition) is 1. The van der Waals surface area contributed by atoms with Crippen molar-refractivity contribution >= 4 is 0 Å². The molecule has 0 bridgehead atoms. The molecule has 0 unspecified atom stereocenters. The van der Waals surface area contributed by atoms with E-state index in [1.165, 1.54) is 0 Å². The molecule has 1 N–H and O–H groups in total. The van der Waals surface area contributed by atoms with Gasteiger partial charge in [0.1, 0.15) is 5.82 Å². The van der Waals surface area contributed by atoms with Gasteiger partial charge in [0.15, 0.2) is 0 Å². The summed E-state index contributed by atoms with van der Waals surface area (Å²) in [5.41, 5.74) is -0.286. The molecular weight excluding hydrogens is 133 g/mol. The van der Waals surface area contributed by atoms with E-state index < -0.39 is 5.82 Å². The smallest absolute Gasteiger partial charge is 0.248 e. The van der Waals surface area contributed by atoms with Crippen molar-refractivity contribution in [1.82, 2.24) is 4.98 Å². The molecule has 0 aliphatic rings. The van der Waals surface area contributed by atoms with Crippen LogP contribution >= 0.6 is 0 Å². The Bertz CT molecular complexity index is 211. The number of pyridine rings is 1. The average Bonchev–Trinajstić information content (AvgIpc) is 2.00. The molecule has 1 heterocycles. The van der Waals surface area contributed by atoms with Crippen LogP contribution in [0, 0.1) is 5.82 Å². The fraction of sp³-hybridized carbons (Fsp3) is 0.286. The molecule has 0 atom stereocenters. The second-order valence-corrected chi connectivity index (χ2v) is 1.37. The highest BCUT2D eigenvalue weighted by Crippen LogP contribution is 1.84. The fourth-order valence-corrected chi connectivity index (χ4v) is 0.392. The third-order valence-electron chi connectivity index (χ3n) is 0.746. The first-order chi connectivity index (χ1) is 4.79. The highest BCUT2D eigenvalue weighted by Gasteiger charge is 1.83. The van der Waals surface area contributed by atoms with E-state index in [1.807, 2.05) is 13.8 Å². The lowest BCUT2D eigenvalue weighted by atomic mass is 10.5. The standard InChI is InChI=1S/C5H4FNO.C2H6/c6-4-1-2-5(8)7-3-4;1-2/h1-3H,(H,7,8);1-2H3. The van der Waals surface area contributed by atoms with Gasteiger partial charge in [-0.2, -0.15) is 0 Å². The van der Waals surface area contributed by atoms with Gasteiger partial charge in [-0.15, -0.1) is 0 Å². The molecule has 0 aliphatic carbocycles. The third-order valence-corrected chi connectivity index (χ3v) is 0.746. The Hall–Kier alpha value is -1.12. The summed E-state index contributed by atoms with van der Waals surface area (Å²) in [6.07, 6.45) is 1.02. The van der Waals surface area contributed by atoms with Crippen LogP contribution < -0.4 is 5.56 Å². The molecule has 2 nitrogen and oxygen atoms in total. The molecule has 3 heteroatoms. The molecule has 0 aromatic carbocycles. The summed E-state index contributed by atoms with van der Waals surface area (Å²) in [5, 5.41) is 0. The Morgan fingerprint density at radius 2 is 2.00 bits per heavy atom. The normalized spacial score (nSPS) is 7.90. The van der Waals surface area contributed by atoms with E-state index >= 15 is 0 Å². The number of aromatic amines is 1. The van der Waals surface area contributed by atoms with Crippen LogP contribution in [0.25, 0.3) is 0 Å². The van der Waals surface area contributed by atoms with Crippen LogP contribution in [-0.4, -0.2) is 4.98 Å². The quantitative estimate of drug-likeness (QED) is 0.587. The van der Waals surface area contributed by atoms with Gasteiger partial charge < -0.3 is 4.98 Å². The zero-order chi connectivity index (χ0) is 7.98. The van der Waals surface area contributed by atoms with Gasteiger partial charge in [-0.1, -0.05) is 13.8 Å². The van der Waals surface area contributed by atoms with Gasteiger partial charge >= 0.3 is 0 Å². The van der Waals surface area contributed by atoms with Crippen LogP contribution in [-0.2, 0) is 0 Å². The summed E-state index contributed by atoms with van der Waals surface area (Å²) < 4.78 is 11.9. The first kappa shape index (κ1) is 8.88. The van der Waals surface area contributed by atoms with Crippen LogP contribution in [0.5, 0.6) is 0 Å². The Balaban J connectivity index is 0.000000371. The van der Waals surface area contributed by atoms with E-state index in [0.29, 0.717) is 0 Å². The zero-order valence-corrected chi connectivity index (χ0v) is 6.02. The van der Waals surface area contributed by atoms with E-state index in [9.17, 15) is 9.18 Å². The van der Waals surface area contributed by atoms with Crippen molar-refractivity contribution in [3.8, 4) is 0 Å². The van der Waals surface area contributed by atoms with Crippen LogP contribution in [0.15, 0.2) is 23.1 Å². The highest BCUT2D eigenvalue weighted by molar-refractivity contribution is 4.93. The Morgan fingerprint density at radius 3 is 2.30 bits per heavy atom. The molecule has 1 rings (SSSR count). The molecule has 1 aromatic heterocycles. The lowest BCUT2D eigenvalue weighted by molar-refractivity contribution is 0.620. The highest BCUT2D eigenvalue weighted by atomic mass is 19.1.